The van der Waals surface area contributed by atoms with Crippen LogP contribution in [0.1, 0.15) is 0 Å². The largest absolute Gasteiger partial charge is 0.453 e. The van der Waals surface area contributed by atoms with Crippen molar-refractivity contribution in [2.45, 2.75) is 0 Å². The lowest BCUT2D eigenvalue weighted by atomic mass is 10.0. The van der Waals surface area contributed by atoms with Crippen molar-refractivity contribution in [2.24, 2.45) is 0 Å². The Bertz CT molecular complexity index is 2770. The van der Waals surface area contributed by atoms with E-state index >= 15 is 0 Å². The molecule has 0 spiro atoms. The average Bonchev–Trinajstić information content (AvgIpc) is 3.81. The van der Waals surface area contributed by atoms with Gasteiger partial charge in [-0.25, -0.2) is 0 Å². The van der Waals surface area contributed by atoms with Crippen molar-refractivity contribution in [1.82, 2.24) is 0 Å². The SMILES string of the molecule is c1ccc(-c2cccc3c2oc2c(N(c4ccc5sc6ccccc6c5c4)c4cccc5c4sc4ccccc45)cccc23)cc1. The summed E-state index contributed by atoms with van der Waals surface area (Å²) < 4.78 is 12.1. The summed E-state index contributed by atoms with van der Waals surface area (Å²) in [7, 11) is 0. The third kappa shape index (κ3) is 3.81. The van der Waals surface area contributed by atoms with Crippen LogP contribution in [0.4, 0.5) is 17.1 Å². The highest BCUT2D eigenvalue weighted by molar-refractivity contribution is 7.26. The molecule has 216 valence electrons. The van der Waals surface area contributed by atoms with Crippen LogP contribution in [0, 0.1) is 0 Å². The number of hydrogen-bond acceptors (Lipinski definition) is 4. The Balaban J connectivity index is 1.30. The van der Waals surface area contributed by atoms with Crippen LogP contribution >= 0.6 is 22.7 Å². The number of rotatable bonds is 4. The Morgan fingerprint density at radius 1 is 0.413 bits per heavy atom. The molecule has 10 rings (SSSR count). The van der Waals surface area contributed by atoms with Crippen LogP contribution in [0.25, 0.3) is 73.4 Å². The molecule has 0 aliphatic rings. The quantitative estimate of drug-likeness (QED) is 0.194. The van der Waals surface area contributed by atoms with Crippen molar-refractivity contribution in [3.8, 4) is 11.1 Å². The van der Waals surface area contributed by atoms with E-state index in [9.17, 15) is 0 Å². The summed E-state index contributed by atoms with van der Waals surface area (Å²) in [6.07, 6.45) is 0. The number of fused-ring (bicyclic) bond motifs is 9. The zero-order valence-corrected chi connectivity index (χ0v) is 26.2. The normalized spacial score (nSPS) is 11.9. The summed E-state index contributed by atoms with van der Waals surface area (Å²) >= 11 is 3.70. The van der Waals surface area contributed by atoms with E-state index in [0.717, 1.165) is 50.1 Å². The minimum absolute atomic E-state index is 0.884. The van der Waals surface area contributed by atoms with Crippen molar-refractivity contribution in [1.29, 1.82) is 0 Å². The van der Waals surface area contributed by atoms with E-state index in [1.807, 2.05) is 22.7 Å². The van der Waals surface area contributed by atoms with E-state index < -0.39 is 0 Å². The predicted molar refractivity (Wildman–Crippen MR) is 200 cm³/mol. The van der Waals surface area contributed by atoms with E-state index in [-0.39, 0.29) is 0 Å². The van der Waals surface area contributed by atoms with E-state index in [1.165, 1.54) is 40.3 Å². The summed E-state index contributed by atoms with van der Waals surface area (Å²) in [5.41, 5.74) is 7.33. The summed E-state index contributed by atoms with van der Waals surface area (Å²) in [6.45, 7) is 0. The first kappa shape index (κ1) is 25.9. The molecule has 7 aromatic carbocycles. The van der Waals surface area contributed by atoms with Gasteiger partial charge in [0, 0.05) is 57.7 Å². The lowest BCUT2D eigenvalue weighted by Gasteiger charge is -2.26. The van der Waals surface area contributed by atoms with Crippen LogP contribution < -0.4 is 4.90 Å². The Morgan fingerprint density at radius 2 is 1.02 bits per heavy atom. The Kier molecular flexibility index (Phi) is 5.65. The monoisotopic (exact) mass is 623 g/mol. The second-order valence-corrected chi connectivity index (χ2v) is 13.8. The zero-order chi connectivity index (χ0) is 30.2. The predicted octanol–water partition coefficient (Wildman–Crippen LogP) is 13.5. The lowest BCUT2D eigenvalue weighted by Crippen LogP contribution is -2.10. The smallest absolute Gasteiger partial charge is 0.159 e. The van der Waals surface area contributed by atoms with Gasteiger partial charge in [0.15, 0.2) is 5.58 Å². The van der Waals surface area contributed by atoms with Gasteiger partial charge >= 0.3 is 0 Å². The van der Waals surface area contributed by atoms with Gasteiger partial charge in [-0.3, -0.25) is 0 Å². The van der Waals surface area contributed by atoms with Gasteiger partial charge in [0.05, 0.1) is 16.1 Å². The van der Waals surface area contributed by atoms with E-state index in [0.29, 0.717) is 0 Å². The Labute approximate surface area is 273 Å². The molecule has 2 nitrogen and oxygen atoms in total. The number of anilines is 3. The van der Waals surface area contributed by atoms with Crippen molar-refractivity contribution < 1.29 is 4.42 Å². The molecule has 0 saturated heterocycles. The molecule has 3 aromatic heterocycles. The van der Waals surface area contributed by atoms with Gasteiger partial charge in [-0.05, 0) is 48.0 Å². The van der Waals surface area contributed by atoms with E-state index in [4.69, 9.17) is 4.42 Å². The molecule has 0 N–H and O–H groups in total. The minimum Gasteiger partial charge on any atom is -0.453 e. The average molecular weight is 624 g/mol. The molecule has 0 bridgehead atoms. The number of furan rings is 1. The van der Waals surface area contributed by atoms with Gasteiger partial charge in [0.1, 0.15) is 5.58 Å². The van der Waals surface area contributed by atoms with Crippen LogP contribution in [0.15, 0.2) is 156 Å². The molecule has 0 radical (unpaired) electrons. The third-order valence-corrected chi connectivity index (χ3v) is 11.4. The highest BCUT2D eigenvalue weighted by atomic mass is 32.1. The van der Waals surface area contributed by atoms with Gasteiger partial charge < -0.3 is 9.32 Å². The zero-order valence-electron chi connectivity index (χ0n) is 24.6. The molecule has 0 fully saturated rings. The molecule has 10 aromatic rings. The summed E-state index contributed by atoms with van der Waals surface area (Å²) in [6, 6.07) is 54.6. The van der Waals surface area contributed by atoms with Crippen molar-refractivity contribution in [2.75, 3.05) is 4.90 Å². The topological polar surface area (TPSA) is 16.4 Å². The molecule has 0 aliphatic carbocycles. The van der Waals surface area contributed by atoms with Crippen LogP contribution in [-0.4, -0.2) is 0 Å². The maximum Gasteiger partial charge on any atom is 0.159 e. The van der Waals surface area contributed by atoms with Gasteiger partial charge in [0.2, 0.25) is 0 Å². The maximum absolute atomic E-state index is 6.97. The lowest BCUT2D eigenvalue weighted by molar-refractivity contribution is 0.670. The van der Waals surface area contributed by atoms with Crippen LogP contribution in [0.3, 0.4) is 0 Å². The Hall–Kier alpha value is -5.42. The van der Waals surface area contributed by atoms with Gasteiger partial charge in [-0.2, -0.15) is 0 Å². The van der Waals surface area contributed by atoms with Crippen molar-refractivity contribution >= 4 is 102 Å². The fourth-order valence-electron chi connectivity index (χ4n) is 7.00. The molecule has 4 heteroatoms. The highest BCUT2D eigenvalue weighted by Gasteiger charge is 2.23. The van der Waals surface area contributed by atoms with Crippen LogP contribution in [0.5, 0.6) is 0 Å². The highest BCUT2D eigenvalue weighted by Crippen LogP contribution is 2.49. The summed E-state index contributed by atoms with van der Waals surface area (Å²) in [5.74, 6) is 0. The third-order valence-electron chi connectivity index (χ3n) is 9.07. The van der Waals surface area contributed by atoms with Crippen molar-refractivity contribution in [3.63, 3.8) is 0 Å². The number of para-hydroxylation sites is 2. The Morgan fingerprint density at radius 3 is 1.85 bits per heavy atom. The molecule has 46 heavy (non-hydrogen) atoms. The first-order chi connectivity index (χ1) is 22.8. The van der Waals surface area contributed by atoms with Gasteiger partial charge in [-0.15, -0.1) is 22.7 Å². The second kappa shape index (κ2) is 10.0. The number of hydrogen-bond donors (Lipinski definition) is 0. The van der Waals surface area contributed by atoms with Crippen LogP contribution in [0.2, 0.25) is 0 Å². The fraction of sp³-hybridized carbons (Fsp3) is 0. The molecule has 0 aliphatic heterocycles. The molecule has 0 unspecified atom stereocenters. The van der Waals surface area contributed by atoms with Crippen LogP contribution in [-0.2, 0) is 0 Å². The van der Waals surface area contributed by atoms with Crippen molar-refractivity contribution in [3.05, 3.63) is 152 Å². The molecule has 0 saturated carbocycles. The van der Waals surface area contributed by atoms with Gasteiger partial charge in [-0.1, -0.05) is 109 Å². The standard InChI is InChI=1S/C42H25NOS2/c1-2-11-26(12-3-1)28-15-8-16-31-32-17-9-19-35(41(32)44-40(28)31)43(27-23-24-39-34(25-27)30-14-5-6-21-37(30)45-39)36-20-10-18-33-29-13-4-7-22-38(29)46-42(33)36/h1-25H. The van der Waals surface area contributed by atoms with Gasteiger partial charge in [0.25, 0.3) is 0 Å². The first-order valence-electron chi connectivity index (χ1n) is 15.4. The molecular formula is C42H25NOS2. The van der Waals surface area contributed by atoms with E-state index in [2.05, 4.69) is 157 Å². The molecule has 0 amide bonds. The second-order valence-electron chi connectivity index (χ2n) is 11.7. The molecule has 0 atom stereocenters. The maximum atomic E-state index is 6.97. The summed E-state index contributed by atoms with van der Waals surface area (Å²) in [5, 5.41) is 7.36. The molecule has 3 heterocycles. The number of nitrogens with zero attached hydrogens (tertiary/aromatic N) is 1. The number of thiophene rings is 2. The van der Waals surface area contributed by atoms with E-state index in [1.54, 1.807) is 0 Å². The number of benzene rings is 7. The summed E-state index contributed by atoms with van der Waals surface area (Å²) in [4.78, 5) is 2.41. The first-order valence-corrected chi connectivity index (χ1v) is 17.1. The fourth-order valence-corrected chi connectivity index (χ4v) is 9.29. The minimum atomic E-state index is 0.884. The molecular weight excluding hydrogens is 599 g/mol.